The van der Waals surface area contributed by atoms with Crippen LogP contribution in [-0.4, -0.2) is 52.2 Å². The number of fused-ring (bicyclic) bond motifs is 4. The molecule has 0 aromatic carbocycles. The molecule has 2 fully saturated rings. The summed E-state index contributed by atoms with van der Waals surface area (Å²) in [5.74, 6) is 3.04. The molecule has 8 nitrogen and oxygen atoms in total. The van der Waals surface area contributed by atoms with Crippen molar-refractivity contribution in [2.45, 2.75) is 63.8 Å². The van der Waals surface area contributed by atoms with Crippen LogP contribution >= 0.6 is 0 Å². The van der Waals surface area contributed by atoms with Crippen molar-refractivity contribution < 1.29 is 0 Å². The molecule has 0 amide bonds. The fourth-order valence-electron chi connectivity index (χ4n) is 6.16. The van der Waals surface area contributed by atoms with Gasteiger partial charge in [-0.05, 0) is 63.4 Å². The molecule has 1 aliphatic carbocycles. The van der Waals surface area contributed by atoms with Crippen LogP contribution in [0.4, 0.5) is 17.8 Å². The van der Waals surface area contributed by atoms with Crippen LogP contribution in [0.2, 0.25) is 0 Å². The van der Waals surface area contributed by atoms with Gasteiger partial charge < -0.3 is 19.7 Å². The predicted octanol–water partition coefficient (Wildman–Crippen LogP) is 3.56. The van der Waals surface area contributed by atoms with E-state index in [2.05, 4.69) is 27.3 Å². The van der Waals surface area contributed by atoms with Crippen molar-refractivity contribution in [2.75, 3.05) is 47.8 Å². The van der Waals surface area contributed by atoms with Crippen LogP contribution in [0.15, 0.2) is 34.6 Å². The summed E-state index contributed by atoms with van der Waals surface area (Å²) in [7, 11) is 0. The van der Waals surface area contributed by atoms with Crippen molar-refractivity contribution in [3.05, 3.63) is 45.9 Å². The molecule has 6 rings (SSSR count). The Morgan fingerprint density at radius 2 is 1.79 bits per heavy atom. The largest absolute Gasteiger partial charge is 0.354 e. The molecule has 3 aliphatic heterocycles. The van der Waals surface area contributed by atoms with E-state index in [4.69, 9.17) is 15.0 Å². The minimum atomic E-state index is 0.122. The molecule has 34 heavy (non-hydrogen) atoms. The molecule has 0 saturated carbocycles. The van der Waals surface area contributed by atoms with E-state index < -0.39 is 0 Å². The van der Waals surface area contributed by atoms with E-state index in [0.29, 0.717) is 17.8 Å². The summed E-state index contributed by atoms with van der Waals surface area (Å²) in [6.45, 7) is 5.39. The minimum Gasteiger partial charge on any atom is -0.354 e. The van der Waals surface area contributed by atoms with Crippen LogP contribution in [0.3, 0.4) is 0 Å². The van der Waals surface area contributed by atoms with E-state index in [1.54, 1.807) is 11.6 Å². The number of pyridine rings is 1. The zero-order valence-electron chi connectivity index (χ0n) is 20.0. The minimum absolute atomic E-state index is 0.122. The van der Waals surface area contributed by atoms with Gasteiger partial charge in [0.15, 0.2) is 0 Å². The maximum absolute atomic E-state index is 12.4. The van der Waals surface area contributed by atoms with Gasteiger partial charge in [-0.25, -0.2) is 0 Å². The highest BCUT2D eigenvalue weighted by Crippen LogP contribution is 2.36. The Morgan fingerprint density at radius 1 is 0.941 bits per heavy atom. The van der Waals surface area contributed by atoms with Crippen LogP contribution in [0.5, 0.6) is 0 Å². The zero-order valence-corrected chi connectivity index (χ0v) is 20.0. The highest BCUT2D eigenvalue weighted by atomic mass is 16.1. The fourth-order valence-corrected chi connectivity index (χ4v) is 6.16. The van der Waals surface area contributed by atoms with Crippen molar-refractivity contribution in [1.29, 1.82) is 0 Å². The molecule has 5 heterocycles. The lowest BCUT2D eigenvalue weighted by Gasteiger charge is -2.42. The van der Waals surface area contributed by atoms with Gasteiger partial charge in [-0.15, -0.1) is 0 Å². The van der Waals surface area contributed by atoms with Crippen molar-refractivity contribution in [1.82, 2.24) is 19.5 Å². The van der Waals surface area contributed by atoms with Crippen molar-refractivity contribution in [3.63, 3.8) is 0 Å². The summed E-state index contributed by atoms with van der Waals surface area (Å²) in [4.78, 5) is 31.7. The maximum Gasteiger partial charge on any atom is 0.250 e. The van der Waals surface area contributed by atoms with Gasteiger partial charge in [0, 0.05) is 56.9 Å². The summed E-state index contributed by atoms with van der Waals surface area (Å²) >= 11 is 0. The normalized spacial score (nSPS) is 24.1. The lowest BCUT2D eigenvalue weighted by molar-refractivity contribution is 0.279. The molecule has 0 unspecified atom stereocenters. The Labute approximate surface area is 201 Å². The lowest BCUT2D eigenvalue weighted by Crippen LogP contribution is -2.47. The molecule has 0 spiro atoms. The van der Waals surface area contributed by atoms with Crippen LogP contribution in [0.1, 0.15) is 63.0 Å². The SMILES string of the molecule is O=c1cccc2n1C[C@H]1C[C@H]2CN(c2nc(NCCC3=CCCCC3)nc(N3CCCC3)n2)C1. The van der Waals surface area contributed by atoms with Crippen LogP contribution in [-0.2, 0) is 6.54 Å². The Balaban J connectivity index is 1.24. The summed E-state index contributed by atoms with van der Waals surface area (Å²) in [6.07, 6.45) is 12.1. The average Bonchev–Trinajstić information content (AvgIpc) is 3.40. The maximum atomic E-state index is 12.4. The van der Waals surface area contributed by atoms with Gasteiger partial charge in [-0.1, -0.05) is 17.7 Å². The first kappa shape index (κ1) is 21.6. The molecular formula is C26H35N7O. The molecule has 2 aromatic rings. The molecule has 2 saturated heterocycles. The molecular weight excluding hydrogens is 426 g/mol. The number of nitrogens with one attached hydrogen (secondary N) is 1. The van der Waals surface area contributed by atoms with Crippen LogP contribution in [0.25, 0.3) is 0 Å². The Morgan fingerprint density at radius 3 is 2.62 bits per heavy atom. The summed E-state index contributed by atoms with van der Waals surface area (Å²) in [6, 6.07) is 5.69. The van der Waals surface area contributed by atoms with Gasteiger partial charge in [-0.3, -0.25) is 4.79 Å². The number of hydrogen-bond acceptors (Lipinski definition) is 7. The molecule has 4 aliphatic rings. The van der Waals surface area contributed by atoms with E-state index in [-0.39, 0.29) is 5.56 Å². The zero-order chi connectivity index (χ0) is 22.9. The quantitative estimate of drug-likeness (QED) is 0.659. The average molecular weight is 462 g/mol. The number of aromatic nitrogens is 4. The van der Waals surface area contributed by atoms with Gasteiger partial charge in [0.2, 0.25) is 17.8 Å². The van der Waals surface area contributed by atoms with E-state index >= 15 is 0 Å². The van der Waals surface area contributed by atoms with Crippen molar-refractivity contribution >= 4 is 17.8 Å². The molecule has 1 N–H and O–H groups in total. The molecule has 8 heteroatoms. The van der Waals surface area contributed by atoms with Gasteiger partial charge >= 0.3 is 0 Å². The van der Waals surface area contributed by atoms with Gasteiger partial charge in [-0.2, -0.15) is 15.0 Å². The number of hydrogen-bond donors (Lipinski definition) is 1. The van der Waals surface area contributed by atoms with E-state index in [0.717, 1.165) is 69.7 Å². The molecule has 2 bridgehead atoms. The van der Waals surface area contributed by atoms with Crippen LogP contribution in [0, 0.1) is 5.92 Å². The topological polar surface area (TPSA) is 79.2 Å². The van der Waals surface area contributed by atoms with Crippen LogP contribution < -0.4 is 20.7 Å². The Bertz CT molecular complexity index is 1120. The van der Waals surface area contributed by atoms with E-state index in [1.807, 2.05) is 10.6 Å². The van der Waals surface area contributed by atoms with E-state index in [9.17, 15) is 4.79 Å². The second-order valence-corrected chi connectivity index (χ2v) is 10.3. The van der Waals surface area contributed by atoms with E-state index in [1.165, 1.54) is 38.5 Å². The van der Waals surface area contributed by atoms with Crippen molar-refractivity contribution in [2.24, 2.45) is 5.92 Å². The monoisotopic (exact) mass is 461 g/mol. The predicted molar refractivity (Wildman–Crippen MR) is 135 cm³/mol. The number of piperidine rings is 1. The van der Waals surface area contributed by atoms with Crippen molar-refractivity contribution in [3.8, 4) is 0 Å². The molecule has 2 aromatic heterocycles. The fraction of sp³-hybridized carbons (Fsp3) is 0.615. The van der Waals surface area contributed by atoms with Gasteiger partial charge in [0.1, 0.15) is 0 Å². The standard InChI is InChI=1S/C26H35N7O/c34-23-10-6-9-22-21-15-20(17-33(22)23)16-32(18-21)26-29-24(27-12-11-19-7-2-1-3-8-19)28-25(30-26)31-13-4-5-14-31/h6-7,9-10,20-21H,1-5,8,11-18H2,(H,27,28,29,30)/t20-,21-/m0/s1. The number of nitrogens with zero attached hydrogens (tertiary/aromatic N) is 6. The Kier molecular flexibility index (Phi) is 5.97. The highest BCUT2D eigenvalue weighted by molar-refractivity contribution is 5.47. The third-order valence-electron chi connectivity index (χ3n) is 7.88. The third-order valence-corrected chi connectivity index (χ3v) is 7.88. The number of anilines is 3. The van der Waals surface area contributed by atoms with Gasteiger partial charge in [0.25, 0.3) is 5.56 Å². The molecule has 180 valence electrons. The summed E-state index contributed by atoms with van der Waals surface area (Å²) in [5, 5.41) is 3.51. The third kappa shape index (κ3) is 4.42. The first-order valence-corrected chi connectivity index (χ1v) is 13.1. The molecule has 2 atom stereocenters. The number of rotatable bonds is 6. The first-order chi connectivity index (χ1) is 16.7. The lowest BCUT2D eigenvalue weighted by atomic mass is 9.83. The smallest absolute Gasteiger partial charge is 0.250 e. The van der Waals surface area contributed by atoms with Gasteiger partial charge in [0.05, 0.1) is 0 Å². The Hall–Kier alpha value is -2.90. The summed E-state index contributed by atoms with van der Waals surface area (Å²) in [5.41, 5.74) is 2.84. The summed E-state index contributed by atoms with van der Waals surface area (Å²) < 4.78 is 1.98. The first-order valence-electron chi connectivity index (χ1n) is 13.1. The highest BCUT2D eigenvalue weighted by Gasteiger charge is 2.36. The second-order valence-electron chi connectivity index (χ2n) is 10.3. The second kappa shape index (κ2) is 9.39. The number of allylic oxidation sites excluding steroid dienone is 1. The molecule has 0 radical (unpaired) electrons.